The second-order valence-corrected chi connectivity index (χ2v) is 4.84. The molecule has 0 aliphatic rings. The van der Waals surface area contributed by atoms with Crippen molar-refractivity contribution in [2.45, 2.75) is 6.92 Å². The van der Waals surface area contributed by atoms with Crippen molar-refractivity contribution in [1.29, 1.82) is 0 Å². The van der Waals surface area contributed by atoms with Crippen LogP contribution in [0, 0.1) is 5.82 Å². The van der Waals surface area contributed by atoms with Crippen molar-refractivity contribution < 1.29 is 4.39 Å². The van der Waals surface area contributed by atoms with Crippen molar-refractivity contribution in [3.63, 3.8) is 0 Å². The van der Waals surface area contributed by atoms with E-state index in [2.05, 4.69) is 5.32 Å². The van der Waals surface area contributed by atoms with Crippen LogP contribution in [0.5, 0.6) is 0 Å². The number of hydrogen-bond donors (Lipinski definition) is 1. The molecule has 0 atom stereocenters. The molecule has 0 unspecified atom stereocenters. The Kier molecular flexibility index (Phi) is 5.24. The van der Waals surface area contributed by atoms with E-state index >= 15 is 0 Å². The quantitative estimate of drug-likeness (QED) is 0.848. The maximum Gasteiger partial charge on any atom is 0.146 e. The van der Waals surface area contributed by atoms with Crippen molar-refractivity contribution in [2.24, 2.45) is 0 Å². The van der Waals surface area contributed by atoms with Crippen LogP contribution in [0.4, 0.5) is 15.8 Å². The van der Waals surface area contributed by atoms with Crippen LogP contribution in [0.1, 0.15) is 6.92 Å². The van der Waals surface area contributed by atoms with Gasteiger partial charge in [-0.15, -0.1) is 0 Å². The number of benzene rings is 2. The predicted octanol–water partition coefficient (Wildman–Crippen LogP) is 4.42. The van der Waals surface area contributed by atoms with Crippen LogP contribution in [0.25, 0.3) is 0 Å². The van der Waals surface area contributed by atoms with Crippen molar-refractivity contribution in [3.05, 3.63) is 59.4 Å². The molecule has 0 aromatic heterocycles. The summed E-state index contributed by atoms with van der Waals surface area (Å²) in [4.78, 5) is 2.00. The zero-order chi connectivity index (χ0) is 14.4. The SMILES string of the molecule is CCN(CCNc1ccccc1Cl)c1ccccc1F. The third-order valence-electron chi connectivity index (χ3n) is 3.15. The molecule has 0 spiro atoms. The molecule has 0 saturated heterocycles. The second kappa shape index (κ2) is 7.15. The third-order valence-corrected chi connectivity index (χ3v) is 3.48. The van der Waals surface area contributed by atoms with Gasteiger partial charge in [-0.3, -0.25) is 0 Å². The van der Waals surface area contributed by atoms with Crippen LogP contribution >= 0.6 is 11.6 Å². The maximum atomic E-state index is 13.8. The minimum absolute atomic E-state index is 0.188. The number of anilines is 2. The summed E-state index contributed by atoms with van der Waals surface area (Å²) in [5.41, 5.74) is 1.54. The summed E-state index contributed by atoms with van der Waals surface area (Å²) in [6.07, 6.45) is 0. The molecular weight excluding hydrogens is 275 g/mol. The summed E-state index contributed by atoms with van der Waals surface area (Å²) in [5.74, 6) is -0.188. The predicted molar refractivity (Wildman–Crippen MR) is 84.2 cm³/mol. The Morgan fingerprint density at radius 2 is 1.80 bits per heavy atom. The highest BCUT2D eigenvalue weighted by molar-refractivity contribution is 6.33. The summed E-state index contributed by atoms with van der Waals surface area (Å²) >= 11 is 6.08. The Balaban J connectivity index is 1.95. The summed E-state index contributed by atoms with van der Waals surface area (Å²) in [7, 11) is 0. The van der Waals surface area contributed by atoms with Crippen LogP contribution in [0.2, 0.25) is 5.02 Å². The van der Waals surface area contributed by atoms with Gasteiger partial charge in [0.2, 0.25) is 0 Å². The molecule has 2 rings (SSSR count). The number of likely N-dealkylation sites (N-methyl/N-ethyl adjacent to an activating group) is 1. The minimum Gasteiger partial charge on any atom is -0.382 e. The maximum absolute atomic E-state index is 13.8. The average molecular weight is 293 g/mol. The molecule has 0 saturated carbocycles. The van der Waals surface area contributed by atoms with Crippen molar-refractivity contribution in [1.82, 2.24) is 0 Å². The molecular formula is C16H18ClFN2. The van der Waals surface area contributed by atoms with Gasteiger partial charge < -0.3 is 10.2 Å². The normalized spacial score (nSPS) is 10.3. The number of halogens is 2. The summed E-state index contributed by atoms with van der Waals surface area (Å²) in [6.45, 7) is 4.18. The van der Waals surface area contributed by atoms with Gasteiger partial charge in [-0.25, -0.2) is 4.39 Å². The summed E-state index contributed by atoms with van der Waals surface area (Å²) in [5, 5.41) is 3.97. The van der Waals surface area contributed by atoms with Crippen LogP contribution in [0.15, 0.2) is 48.5 Å². The van der Waals surface area contributed by atoms with Crippen LogP contribution in [-0.2, 0) is 0 Å². The van der Waals surface area contributed by atoms with E-state index in [0.717, 1.165) is 12.2 Å². The lowest BCUT2D eigenvalue weighted by Crippen LogP contribution is -2.29. The van der Waals surface area contributed by atoms with E-state index in [-0.39, 0.29) is 5.82 Å². The first-order chi connectivity index (χ1) is 9.72. The average Bonchev–Trinajstić information content (AvgIpc) is 2.46. The van der Waals surface area contributed by atoms with Crippen LogP contribution in [0.3, 0.4) is 0 Å². The van der Waals surface area contributed by atoms with Crippen LogP contribution < -0.4 is 10.2 Å². The molecule has 1 N–H and O–H groups in total. The van der Waals surface area contributed by atoms with Gasteiger partial charge in [-0.2, -0.15) is 0 Å². The number of nitrogens with one attached hydrogen (secondary N) is 1. The van der Waals surface area contributed by atoms with E-state index in [9.17, 15) is 4.39 Å². The Hall–Kier alpha value is -1.74. The van der Waals surface area contributed by atoms with Gasteiger partial charge in [0, 0.05) is 19.6 Å². The van der Waals surface area contributed by atoms with E-state index in [4.69, 9.17) is 11.6 Å². The first-order valence-corrected chi connectivity index (χ1v) is 7.08. The van der Waals surface area contributed by atoms with E-state index in [1.165, 1.54) is 6.07 Å². The van der Waals surface area contributed by atoms with E-state index in [0.29, 0.717) is 23.8 Å². The number of para-hydroxylation sites is 2. The first kappa shape index (κ1) is 14.7. The largest absolute Gasteiger partial charge is 0.382 e. The molecule has 2 aromatic rings. The van der Waals surface area contributed by atoms with Gasteiger partial charge in [0.25, 0.3) is 0 Å². The molecule has 0 bridgehead atoms. The topological polar surface area (TPSA) is 15.3 Å². The Bertz CT molecular complexity index is 560. The van der Waals surface area contributed by atoms with Crippen molar-refractivity contribution >= 4 is 23.0 Å². The van der Waals surface area contributed by atoms with E-state index in [1.54, 1.807) is 12.1 Å². The Labute approximate surface area is 124 Å². The lowest BCUT2D eigenvalue weighted by Gasteiger charge is -2.24. The van der Waals surface area contributed by atoms with Gasteiger partial charge >= 0.3 is 0 Å². The minimum atomic E-state index is -0.188. The molecule has 0 aliphatic heterocycles. The molecule has 2 nitrogen and oxygen atoms in total. The third kappa shape index (κ3) is 3.64. The fraction of sp³-hybridized carbons (Fsp3) is 0.250. The first-order valence-electron chi connectivity index (χ1n) is 6.70. The molecule has 0 aliphatic carbocycles. The van der Waals surface area contributed by atoms with Gasteiger partial charge in [-0.05, 0) is 31.2 Å². The lowest BCUT2D eigenvalue weighted by molar-refractivity contribution is 0.619. The number of rotatable bonds is 6. The molecule has 0 heterocycles. The van der Waals surface area contributed by atoms with Crippen molar-refractivity contribution in [3.8, 4) is 0 Å². The van der Waals surface area contributed by atoms with Gasteiger partial charge in [0.15, 0.2) is 0 Å². The highest BCUT2D eigenvalue weighted by atomic mass is 35.5. The van der Waals surface area contributed by atoms with E-state index < -0.39 is 0 Å². The lowest BCUT2D eigenvalue weighted by atomic mass is 10.2. The van der Waals surface area contributed by atoms with Crippen LogP contribution in [-0.4, -0.2) is 19.6 Å². The standard InChI is InChI=1S/C16H18ClFN2/c1-2-20(16-10-6-4-8-14(16)18)12-11-19-15-9-5-3-7-13(15)17/h3-10,19H,2,11-12H2,1H3. The van der Waals surface area contributed by atoms with Gasteiger partial charge in [0.1, 0.15) is 5.82 Å². The molecule has 20 heavy (non-hydrogen) atoms. The zero-order valence-corrected chi connectivity index (χ0v) is 12.2. The summed E-state index contributed by atoms with van der Waals surface area (Å²) < 4.78 is 13.8. The molecule has 0 amide bonds. The Morgan fingerprint density at radius 1 is 1.10 bits per heavy atom. The van der Waals surface area contributed by atoms with Gasteiger partial charge in [0.05, 0.1) is 16.4 Å². The van der Waals surface area contributed by atoms with Crippen molar-refractivity contribution in [2.75, 3.05) is 29.9 Å². The molecule has 2 aromatic carbocycles. The fourth-order valence-electron chi connectivity index (χ4n) is 2.09. The van der Waals surface area contributed by atoms with Gasteiger partial charge in [-0.1, -0.05) is 35.9 Å². The molecule has 106 valence electrons. The smallest absolute Gasteiger partial charge is 0.146 e. The molecule has 0 fully saturated rings. The monoisotopic (exact) mass is 292 g/mol. The zero-order valence-electron chi connectivity index (χ0n) is 11.4. The highest BCUT2D eigenvalue weighted by Crippen LogP contribution is 2.21. The number of nitrogens with zero attached hydrogens (tertiary/aromatic N) is 1. The second-order valence-electron chi connectivity index (χ2n) is 4.44. The van der Waals surface area contributed by atoms with E-state index in [1.807, 2.05) is 42.2 Å². The highest BCUT2D eigenvalue weighted by Gasteiger charge is 2.08. The number of hydrogen-bond acceptors (Lipinski definition) is 2. The molecule has 0 radical (unpaired) electrons. The molecule has 4 heteroatoms. The summed E-state index contributed by atoms with van der Waals surface area (Å²) in [6, 6.07) is 14.4. The Morgan fingerprint density at radius 3 is 2.50 bits per heavy atom. The fourth-order valence-corrected chi connectivity index (χ4v) is 2.29.